The summed E-state index contributed by atoms with van der Waals surface area (Å²) in [7, 11) is 1.94. The number of nitrogens with one attached hydrogen (secondary N) is 1. The maximum absolute atomic E-state index is 9.34. The summed E-state index contributed by atoms with van der Waals surface area (Å²) >= 11 is 3.65. The van der Waals surface area contributed by atoms with E-state index in [0.29, 0.717) is 6.54 Å². The van der Waals surface area contributed by atoms with Crippen molar-refractivity contribution in [2.24, 2.45) is 0 Å². The summed E-state index contributed by atoms with van der Waals surface area (Å²) < 4.78 is 1.06. The van der Waals surface area contributed by atoms with Crippen LogP contribution in [0.4, 0.5) is 5.69 Å². The molecule has 4 heteroatoms. The highest BCUT2D eigenvalue weighted by Gasteiger charge is 2.11. The van der Waals surface area contributed by atoms with Crippen LogP contribution in [0, 0.1) is 0 Å². The molecule has 3 nitrogen and oxygen atoms in total. The fourth-order valence-electron chi connectivity index (χ4n) is 2.33. The molecule has 0 amide bonds. The fraction of sp³-hybridized carbons (Fsp3) is 0.294. The number of benzene rings is 2. The minimum absolute atomic E-state index is 0.136. The van der Waals surface area contributed by atoms with Gasteiger partial charge in [-0.2, -0.15) is 0 Å². The van der Waals surface area contributed by atoms with E-state index in [-0.39, 0.29) is 6.61 Å². The lowest BCUT2D eigenvalue weighted by Gasteiger charge is -2.25. The summed E-state index contributed by atoms with van der Waals surface area (Å²) in [6.07, 6.45) is 0. The van der Waals surface area contributed by atoms with E-state index in [1.54, 1.807) is 0 Å². The van der Waals surface area contributed by atoms with Crippen molar-refractivity contribution < 1.29 is 5.11 Å². The lowest BCUT2D eigenvalue weighted by molar-refractivity contribution is 0.301. The van der Waals surface area contributed by atoms with Gasteiger partial charge >= 0.3 is 0 Å². The zero-order valence-corrected chi connectivity index (χ0v) is 13.8. The first-order valence-electron chi connectivity index (χ1n) is 7.07. The molecule has 0 aliphatic heterocycles. The summed E-state index contributed by atoms with van der Waals surface area (Å²) in [5, 5.41) is 12.5. The molecule has 0 saturated carbocycles. The number of hydrogen-bond donors (Lipinski definition) is 2. The van der Waals surface area contributed by atoms with Crippen molar-refractivity contribution >= 4 is 21.6 Å². The molecule has 2 N–H and O–H groups in total. The van der Waals surface area contributed by atoms with E-state index in [2.05, 4.69) is 56.5 Å². The van der Waals surface area contributed by atoms with E-state index < -0.39 is 0 Å². The smallest absolute Gasteiger partial charge is 0.0606 e. The molecule has 2 aromatic carbocycles. The highest BCUT2D eigenvalue weighted by Crippen LogP contribution is 2.28. The molecule has 0 radical (unpaired) electrons. The van der Waals surface area contributed by atoms with Crippen LogP contribution in [-0.2, 0) is 13.1 Å². The average Bonchev–Trinajstić information content (AvgIpc) is 2.48. The van der Waals surface area contributed by atoms with Crippen molar-refractivity contribution in [3.63, 3.8) is 0 Å². The standard InChI is InChI=1S/C17H21BrN2O/c1-19-12-15-7-8-17(16(18)11-15)20(9-10-21)13-14-5-3-2-4-6-14/h2-8,11,19,21H,9-10,12-13H2,1H3. The van der Waals surface area contributed by atoms with E-state index in [4.69, 9.17) is 0 Å². The first-order valence-corrected chi connectivity index (χ1v) is 7.86. The van der Waals surface area contributed by atoms with Gasteiger partial charge in [0.05, 0.1) is 12.3 Å². The van der Waals surface area contributed by atoms with Crippen molar-refractivity contribution in [3.05, 3.63) is 64.1 Å². The predicted molar refractivity (Wildman–Crippen MR) is 91.5 cm³/mol. The molecular weight excluding hydrogens is 328 g/mol. The lowest BCUT2D eigenvalue weighted by atomic mass is 10.1. The van der Waals surface area contributed by atoms with Gasteiger partial charge in [-0.25, -0.2) is 0 Å². The Morgan fingerprint density at radius 3 is 2.48 bits per heavy atom. The van der Waals surface area contributed by atoms with Crippen LogP contribution >= 0.6 is 15.9 Å². The van der Waals surface area contributed by atoms with Gasteiger partial charge in [-0.1, -0.05) is 36.4 Å². The minimum atomic E-state index is 0.136. The Bertz CT molecular complexity index is 560. The average molecular weight is 349 g/mol. The first kappa shape index (κ1) is 16.0. The van der Waals surface area contributed by atoms with E-state index >= 15 is 0 Å². The number of aliphatic hydroxyl groups is 1. The van der Waals surface area contributed by atoms with Crippen LogP contribution in [0.25, 0.3) is 0 Å². The fourth-order valence-corrected chi connectivity index (χ4v) is 3.01. The maximum atomic E-state index is 9.34. The van der Waals surface area contributed by atoms with Gasteiger partial charge in [0.1, 0.15) is 0 Å². The predicted octanol–water partition coefficient (Wildman–Crippen LogP) is 3.17. The Kier molecular flexibility index (Phi) is 6.23. The van der Waals surface area contributed by atoms with E-state index in [0.717, 1.165) is 23.2 Å². The summed E-state index contributed by atoms with van der Waals surface area (Å²) in [5.74, 6) is 0. The van der Waals surface area contributed by atoms with E-state index in [9.17, 15) is 5.11 Å². The van der Waals surface area contributed by atoms with Gasteiger partial charge in [-0.3, -0.25) is 0 Å². The van der Waals surface area contributed by atoms with Crippen molar-refractivity contribution in [2.75, 3.05) is 25.1 Å². The molecule has 0 heterocycles. The summed E-state index contributed by atoms with van der Waals surface area (Å²) in [6.45, 7) is 2.37. The second-order valence-corrected chi connectivity index (χ2v) is 5.80. The summed E-state index contributed by atoms with van der Waals surface area (Å²) in [6, 6.07) is 16.7. The second kappa shape index (κ2) is 8.17. The third-order valence-corrected chi connectivity index (χ3v) is 3.96. The number of rotatable bonds is 7. The molecule has 0 aromatic heterocycles. The molecule has 0 aliphatic carbocycles. The SMILES string of the molecule is CNCc1ccc(N(CCO)Cc2ccccc2)c(Br)c1. The van der Waals surface area contributed by atoms with Crippen LogP contribution in [0.5, 0.6) is 0 Å². The van der Waals surface area contributed by atoms with Crippen LogP contribution < -0.4 is 10.2 Å². The zero-order chi connectivity index (χ0) is 15.1. The largest absolute Gasteiger partial charge is 0.395 e. The van der Waals surface area contributed by atoms with E-state index in [1.807, 2.05) is 25.2 Å². The third kappa shape index (κ3) is 4.56. The molecule has 112 valence electrons. The van der Waals surface area contributed by atoms with Gasteiger partial charge in [0.2, 0.25) is 0 Å². The molecule has 0 aliphatic rings. The third-order valence-electron chi connectivity index (χ3n) is 3.32. The lowest BCUT2D eigenvalue weighted by Crippen LogP contribution is -2.26. The quantitative estimate of drug-likeness (QED) is 0.806. The molecule has 2 rings (SSSR count). The molecule has 0 unspecified atom stereocenters. The highest BCUT2D eigenvalue weighted by molar-refractivity contribution is 9.10. The van der Waals surface area contributed by atoms with Crippen LogP contribution in [0.2, 0.25) is 0 Å². The highest BCUT2D eigenvalue weighted by atomic mass is 79.9. The van der Waals surface area contributed by atoms with Gasteiger partial charge in [-0.05, 0) is 46.2 Å². The van der Waals surface area contributed by atoms with Gasteiger partial charge in [0.25, 0.3) is 0 Å². The molecule has 21 heavy (non-hydrogen) atoms. The van der Waals surface area contributed by atoms with Crippen molar-refractivity contribution in [2.45, 2.75) is 13.1 Å². The van der Waals surface area contributed by atoms with Gasteiger partial charge in [0.15, 0.2) is 0 Å². The van der Waals surface area contributed by atoms with Crippen molar-refractivity contribution in [1.29, 1.82) is 0 Å². The Hall–Kier alpha value is -1.36. The number of halogens is 1. The molecule has 0 bridgehead atoms. The van der Waals surface area contributed by atoms with Crippen LogP contribution in [0.1, 0.15) is 11.1 Å². The summed E-state index contributed by atoms with van der Waals surface area (Å²) in [4.78, 5) is 2.18. The zero-order valence-electron chi connectivity index (χ0n) is 12.2. The first-order chi connectivity index (χ1) is 10.2. The van der Waals surface area contributed by atoms with Crippen LogP contribution in [0.15, 0.2) is 53.0 Å². The molecule has 0 spiro atoms. The number of hydrogen-bond acceptors (Lipinski definition) is 3. The van der Waals surface area contributed by atoms with Gasteiger partial charge in [0, 0.05) is 24.1 Å². The van der Waals surface area contributed by atoms with E-state index in [1.165, 1.54) is 11.1 Å². The number of aliphatic hydroxyl groups excluding tert-OH is 1. The second-order valence-electron chi connectivity index (χ2n) is 4.95. The minimum Gasteiger partial charge on any atom is -0.395 e. The Morgan fingerprint density at radius 1 is 1.10 bits per heavy atom. The topological polar surface area (TPSA) is 35.5 Å². The molecule has 0 saturated heterocycles. The molecule has 0 fully saturated rings. The normalized spacial score (nSPS) is 10.6. The number of anilines is 1. The Balaban J connectivity index is 2.21. The summed E-state index contributed by atoms with van der Waals surface area (Å²) in [5.41, 5.74) is 3.57. The van der Waals surface area contributed by atoms with Gasteiger partial charge in [-0.15, -0.1) is 0 Å². The van der Waals surface area contributed by atoms with Gasteiger partial charge < -0.3 is 15.3 Å². The Morgan fingerprint density at radius 2 is 1.86 bits per heavy atom. The molecular formula is C17H21BrN2O. The maximum Gasteiger partial charge on any atom is 0.0606 e. The monoisotopic (exact) mass is 348 g/mol. The Labute approximate surface area is 134 Å². The van der Waals surface area contributed by atoms with Crippen molar-refractivity contribution in [1.82, 2.24) is 5.32 Å². The molecule has 2 aromatic rings. The van der Waals surface area contributed by atoms with Crippen molar-refractivity contribution in [3.8, 4) is 0 Å². The number of nitrogens with zero attached hydrogens (tertiary/aromatic N) is 1. The van der Waals surface area contributed by atoms with Crippen LogP contribution in [0.3, 0.4) is 0 Å². The molecule has 0 atom stereocenters. The van der Waals surface area contributed by atoms with Crippen LogP contribution in [-0.4, -0.2) is 25.3 Å².